The van der Waals surface area contributed by atoms with E-state index in [-0.39, 0.29) is 6.61 Å². The molecular formula is C16H14N2O2S. The number of benzene rings is 2. The van der Waals surface area contributed by atoms with Crippen LogP contribution in [-0.2, 0) is 6.42 Å². The lowest BCUT2D eigenvalue weighted by molar-refractivity contribution is 0.377. The molecule has 0 saturated carbocycles. The lowest BCUT2D eigenvalue weighted by Gasteiger charge is -2.03. The molecule has 1 aromatic heterocycles. The van der Waals surface area contributed by atoms with Crippen molar-refractivity contribution in [1.29, 1.82) is 0 Å². The summed E-state index contributed by atoms with van der Waals surface area (Å²) >= 11 is 4.78. The molecule has 0 saturated heterocycles. The summed E-state index contributed by atoms with van der Waals surface area (Å²) < 4.78 is 11.2. The van der Waals surface area contributed by atoms with Crippen LogP contribution in [0.3, 0.4) is 0 Å². The summed E-state index contributed by atoms with van der Waals surface area (Å²) in [5.74, 6) is 1.35. The molecule has 0 fully saturated rings. The summed E-state index contributed by atoms with van der Waals surface area (Å²) in [6, 6.07) is 15.6. The molecule has 0 aliphatic rings. The molecule has 2 N–H and O–H groups in total. The van der Waals surface area contributed by atoms with Crippen LogP contribution in [0.15, 0.2) is 52.9 Å². The zero-order valence-corrected chi connectivity index (χ0v) is 12.1. The second-order valence-electron chi connectivity index (χ2n) is 4.65. The predicted molar refractivity (Wildman–Crippen MR) is 85.5 cm³/mol. The van der Waals surface area contributed by atoms with E-state index in [2.05, 4.69) is 4.98 Å². The monoisotopic (exact) mass is 298 g/mol. The van der Waals surface area contributed by atoms with Gasteiger partial charge in [-0.05, 0) is 17.7 Å². The van der Waals surface area contributed by atoms with Crippen LogP contribution in [0.2, 0.25) is 0 Å². The van der Waals surface area contributed by atoms with Gasteiger partial charge in [0.1, 0.15) is 22.9 Å². The third kappa shape index (κ3) is 3.38. The van der Waals surface area contributed by atoms with Gasteiger partial charge < -0.3 is 14.9 Å². The van der Waals surface area contributed by atoms with Crippen LogP contribution in [-0.4, -0.2) is 16.6 Å². The fourth-order valence-corrected chi connectivity index (χ4v) is 2.10. The van der Waals surface area contributed by atoms with Crippen molar-refractivity contribution < 1.29 is 9.15 Å². The minimum absolute atomic E-state index is 0.214. The Kier molecular flexibility index (Phi) is 3.83. The fraction of sp³-hybridized carbons (Fsp3) is 0.125. The van der Waals surface area contributed by atoms with Gasteiger partial charge in [0.25, 0.3) is 0 Å². The standard InChI is InChI=1S/C16H14N2O2S/c17-15(21)10-19-12-6-7-13-14(9-12)20-16(18-13)8-11-4-2-1-3-5-11/h1-7,9H,8,10H2,(H2,17,21). The Morgan fingerprint density at radius 2 is 2.00 bits per heavy atom. The van der Waals surface area contributed by atoms with E-state index in [0.717, 1.165) is 11.1 Å². The van der Waals surface area contributed by atoms with Gasteiger partial charge in [-0.15, -0.1) is 0 Å². The number of hydrogen-bond acceptors (Lipinski definition) is 4. The van der Waals surface area contributed by atoms with Crippen LogP contribution in [0.5, 0.6) is 5.75 Å². The van der Waals surface area contributed by atoms with Crippen LogP contribution in [0.25, 0.3) is 11.1 Å². The Bertz CT molecular complexity index is 768. The van der Waals surface area contributed by atoms with Crippen LogP contribution in [0.1, 0.15) is 11.5 Å². The van der Waals surface area contributed by atoms with Gasteiger partial charge in [-0.2, -0.15) is 0 Å². The molecule has 106 valence electrons. The minimum Gasteiger partial charge on any atom is -0.486 e. The zero-order chi connectivity index (χ0) is 14.7. The number of fused-ring (bicyclic) bond motifs is 1. The van der Waals surface area contributed by atoms with E-state index in [1.165, 1.54) is 0 Å². The van der Waals surface area contributed by atoms with Crippen molar-refractivity contribution >= 4 is 28.3 Å². The number of thiocarbonyl (C=S) groups is 1. The van der Waals surface area contributed by atoms with Gasteiger partial charge in [0.2, 0.25) is 0 Å². The van der Waals surface area contributed by atoms with Crippen LogP contribution >= 0.6 is 12.2 Å². The fourth-order valence-electron chi connectivity index (χ4n) is 2.04. The molecule has 0 atom stereocenters. The molecule has 3 rings (SSSR count). The number of hydrogen-bond donors (Lipinski definition) is 1. The van der Waals surface area contributed by atoms with E-state index >= 15 is 0 Å². The predicted octanol–water partition coefficient (Wildman–Crippen LogP) is 3.08. The quantitative estimate of drug-likeness (QED) is 0.733. The number of rotatable bonds is 5. The first-order chi connectivity index (χ1) is 10.2. The molecule has 2 aromatic carbocycles. The van der Waals surface area contributed by atoms with Crippen LogP contribution in [0, 0.1) is 0 Å². The normalized spacial score (nSPS) is 10.7. The van der Waals surface area contributed by atoms with E-state index in [1.54, 1.807) is 6.07 Å². The Labute approximate surface area is 127 Å². The maximum Gasteiger partial charge on any atom is 0.199 e. The lowest BCUT2D eigenvalue weighted by Crippen LogP contribution is -2.17. The first kappa shape index (κ1) is 13.6. The van der Waals surface area contributed by atoms with Crippen molar-refractivity contribution in [1.82, 2.24) is 4.98 Å². The van der Waals surface area contributed by atoms with Gasteiger partial charge in [0.15, 0.2) is 11.5 Å². The van der Waals surface area contributed by atoms with Crippen molar-refractivity contribution in [3.8, 4) is 5.75 Å². The Balaban J connectivity index is 1.81. The van der Waals surface area contributed by atoms with E-state index in [1.807, 2.05) is 42.5 Å². The van der Waals surface area contributed by atoms with Crippen molar-refractivity contribution in [3.05, 3.63) is 60.0 Å². The Morgan fingerprint density at radius 1 is 1.19 bits per heavy atom. The largest absolute Gasteiger partial charge is 0.486 e. The lowest BCUT2D eigenvalue weighted by atomic mass is 10.1. The zero-order valence-electron chi connectivity index (χ0n) is 11.3. The molecule has 21 heavy (non-hydrogen) atoms. The maximum absolute atomic E-state index is 5.76. The molecule has 0 spiro atoms. The third-order valence-electron chi connectivity index (χ3n) is 2.98. The molecule has 0 aliphatic carbocycles. The molecule has 5 heteroatoms. The highest BCUT2D eigenvalue weighted by Crippen LogP contribution is 2.22. The van der Waals surface area contributed by atoms with Crippen molar-refractivity contribution in [3.63, 3.8) is 0 Å². The highest BCUT2D eigenvalue weighted by Gasteiger charge is 2.08. The number of nitrogens with two attached hydrogens (primary N) is 1. The van der Waals surface area contributed by atoms with E-state index in [4.69, 9.17) is 27.1 Å². The number of aromatic nitrogens is 1. The highest BCUT2D eigenvalue weighted by molar-refractivity contribution is 7.80. The van der Waals surface area contributed by atoms with Gasteiger partial charge in [-0.3, -0.25) is 0 Å². The summed E-state index contributed by atoms with van der Waals surface area (Å²) in [6.07, 6.45) is 0.665. The summed E-state index contributed by atoms with van der Waals surface area (Å²) in [5, 5.41) is 0. The van der Waals surface area contributed by atoms with Crippen molar-refractivity contribution in [2.24, 2.45) is 5.73 Å². The van der Waals surface area contributed by atoms with Crippen molar-refractivity contribution in [2.45, 2.75) is 6.42 Å². The average molecular weight is 298 g/mol. The topological polar surface area (TPSA) is 61.3 Å². The molecule has 3 aromatic rings. The maximum atomic E-state index is 5.76. The van der Waals surface area contributed by atoms with Gasteiger partial charge in [-0.25, -0.2) is 4.98 Å². The third-order valence-corrected chi connectivity index (χ3v) is 3.10. The van der Waals surface area contributed by atoms with Gasteiger partial charge >= 0.3 is 0 Å². The van der Waals surface area contributed by atoms with Gasteiger partial charge in [0, 0.05) is 12.5 Å². The first-order valence-electron chi connectivity index (χ1n) is 6.55. The second-order valence-corrected chi connectivity index (χ2v) is 5.18. The molecule has 1 heterocycles. The molecule has 0 amide bonds. The van der Waals surface area contributed by atoms with E-state index < -0.39 is 0 Å². The molecule has 4 nitrogen and oxygen atoms in total. The average Bonchev–Trinajstić information content (AvgIpc) is 2.87. The Hall–Kier alpha value is -2.40. The molecule has 0 bridgehead atoms. The Morgan fingerprint density at radius 3 is 2.76 bits per heavy atom. The molecular weight excluding hydrogens is 284 g/mol. The number of nitrogens with zero attached hydrogens (tertiary/aromatic N) is 1. The smallest absolute Gasteiger partial charge is 0.199 e. The van der Waals surface area contributed by atoms with E-state index in [0.29, 0.717) is 28.6 Å². The number of ether oxygens (including phenoxy) is 1. The van der Waals surface area contributed by atoms with Crippen LogP contribution < -0.4 is 10.5 Å². The summed E-state index contributed by atoms with van der Waals surface area (Å²) in [5.41, 5.74) is 8.08. The first-order valence-corrected chi connectivity index (χ1v) is 6.96. The molecule has 0 radical (unpaired) electrons. The van der Waals surface area contributed by atoms with Gasteiger partial charge in [0.05, 0.1) is 0 Å². The number of oxazole rings is 1. The van der Waals surface area contributed by atoms with Crippen molar-refractivity contribution in [2.75, 3.05) is 6.61 Å². The second kappa shape index (κ2) is 5.93. The van der Waals surface area contributed by atoms with E-state index in [9.17, 15) is 0 Å². The van der Waals surface area contributed by atoms with Gasteiger partial charge in [-0.1, -0.05) is 42.5 Å². The summed E-state index contributed by atoms with van der Waals surface area (Å²) in [4.78, 5) is 4.79. The molecule has 0 aliphatic heterocycles. The minimum atomic E-state index is 0.214. The summed E-state index contributed by atoms with van der Waals surface area (Å²) in [7, 11) is 0. The SMILES string of the molecule is NC(=S)COc1ccc2nc(Cc3ccccc3)oc2c1. The molecule has 0 unspecified atom stereocenters. The summed E-state index contributed by atoms with van der Waals surface area (Å²) in [6.45, 7) is 0.214. The van der Waals surface area contributed by atoms with Crippen LogP contribution in [0.4, 0.5) is 0 Å². The highest BCUT2D eigenvalue weighted by atomic mass is 32.1.